The monoisotopic (exact) mass is 324 g/mol. The van der Waals surface area contributed by atoms with E-state index in [2.05, 4.69) is 31.2 Å². The molecule has 3 unspecified atom stereocenters. The summed E-state index contributed by atoms with van der Waals surface area (Å²) in [5.41, 5.74) is 3.76. The van der Waals surface area contributed by atoms with Gasteiger partial charge in [0, 0.05) is 17.8 Å². The van der Waals surface area contributed by atoms with Gasteiger partial charge in [0.15, 0.2) is 0 Å². The average Bonchev–Trinajstić information content (AvgIpc) is 2.89. The van der Waals surface area contributed by atoms with Gasteiger partial charge in [0.1, 0.15) is 0 Å². The molecule has 3 saturated heterocycles. The zero-order valence-corrected chi connectivity index (χ0v) is 14.4. The molecule has 126 valence electrons. The third-order valence-electron chi connectivity index (χ3n) is 8.32. The van der Waals surface area contributed by atoms with E-state index in [0.717, 1.165) is 38.1 Å². The zero-order chi connectivity index (χ0) is 16.3. The van der Waals surface area contributed by atoms with Crippen LogP contribution in [0, 0.1) is 22.5 Å². The summed E-state index contributed by atoms with van der Waals surface area (Å²) in [4.78, 5) is 5.10. The largest absolute Gasteiger partial charge is 0.633 e. The van der Waals surface area contributed by atoms with Crippen LogP contribution in [0.15, 0.2) is 29.3 Å². The molecule has 7 rings (SSSR count). The quantitative estimate of drug-likeness (QED) is 0.588. The van der Waals surface area contributed by atoms with Gasteiger partial charge in [-0.3, -0.25) is 4.99 Å². The van der Waals surface area contributed by atoms with Crippen molar-refractivity contribution < 1.29 is 9.38 Å². The first-order valence-corrected chi connectivity index (χ1v) is 9.40. The zero-order valence-electron chi connectivity index (χ0n) is 14.4. The van der Waals surface area contributed by atoms with E-state index in [0.29, 0.717) is 11.8 Å². The lowest BCUT2D eigenvalue weighted by atomic mass is 9.37. The maximum atomic E-state index is 13.4. The molecule has 4 heterocycles. The summed E-state index contributed by atoms with van der Waals surface area (Å²) < 4.78 is 6.20. The number of benzene rings is 1. The van der Waals surface area contributed by atoms with Crippen molar-refractivity contribution in [2.45, 2.75) is 43.7 Å². The fourth-order valence-corrected chi connectivity index (χ4v) is 7.59. The Morgan fingerprint density at radius 3 is 3.04 bits per heavy atom. The summed E-state index contributed by atoms with van der Waals surface area (Å²) in [6.07, 6.45) is 3.28. The van der Waals surface area contributed by atoms with Gasteiger partial charge in [0.05, 0.1) is 49.2 Å². The highest BCUT2D eigenvalue weighted by atomic mass is 16.5. The van der Waals surface area contributed by atoms with Crippen LogP contribution in [0.4, 0.5) is 5.69 Å². The van der Waals surface area contributed by atoms with Crippen molar-refractivity contribution in [3.63, 3.8) is 0 Å². The molecule has 4 aliphatic heterocycles. The lowest BCUT2D eigenvalue weighted by Gasteiger charge is -2.75. The molecule has 4 heteroatoms. The molecule has 0 aromatic heterocycles. The van der Waals surface area contributed by atoms with Crippen molar-refractivity contribution in [3.8, 4) is 0 Å². The van der Waals surface area contributed by atoms with E-state index in [-0.39, 0.29) is 27.6 Å². The third-order valence-corrected chi connectivity index (χ3v) is 8.32. The Labute approximate surface area is 142 Å². The minimum Gasteiger partial charge on any atom is -0.633 e. The van der Waals surface area contributed by atoms with Crippen LogP contribution in [-0.4, -0.2) is 42.7 Å². The number of aliphatic imine (C=N–C) groups is 1. The predicted octanol–water partition coefficient (Wildman–Crippen LogP) is 3.17. The Balaban J connectivity index is 1.70. The van der Waals surface area contributed by atoms with E-state index in [4.69, 9.17) is 9.73 Å². The number of ether oxygens (including phenoxy) is 1. The van der Waals surface area contributed by atoms with E-state index in [1.807, 2.05) is 7.05 Å². The van der Waals surface area contributed by atoms with Crippen LogP contribution >= 0.6 is 0 Å². The van der Waals surface area contributed by atoms with Crippen molar-refractivity contribution in [1.29, 1.82) is 0 Å². The van der Waals surface area contributed by atoms with Gasteiger partial charge in [-0.2, -0.15) is 0 Å². The number of para-hydroxylation sites is 1. The molecule has 0 N–H and O–H groups in total. The molecule has 1 spiro atoms. The van der Waals surface area contributed by atoms with Crippen LogP contribution in [0.3, 0.4) is 0 Å². The third kappa shape index (κ3) is 1.21. The number of rotatable bonds is 1. The van der Waals surface area contributed by atoms with Gasteiger partial charge in [0.2, 0.25) is 0 Å². The summed E-state index contributed by atoms with van der Waals surface area (Å²) in [5, 5.41) is 13.4. The Hall–Kier alpha value is -1.23. The molecule has 1 aromatic carbocycles. The molecule has 2 aliphatic carbocycles. The molecule has 24 heavy (non-hydrogen) atoms. The van der Waals surface area contributed by atoms with Crippen molar-refractivity contribution in [2.24, 2.45) is 22.2 Å². The van der Waals surface area contributed by atoms with Gasteiger partial charge < -0.3 is 14.6 Å². The summed E-state index contributed by atoms with van der Waals surface area (Å²) in [7, 11) is 1.91. The van der Waals surface area contributed by atoms with Gasteiger partial charge in [-0.1, -0.05) is 25.1 Å². The van der Waals surface area contributed by atoms with E-state index < -0.39 is 0 Å². The Morgan fingerprint density at radius 1 is 1.38 bits per heavy atom. The van der Waals surface area contributed by atoms with Crippen molar-refractivity contribution in [2.75, 3.05) is 20.2 Å². The van der Waals surface area contributed by atoms with Crippen molar-refractivity contribution in [1.82, 2.24) is 0 Å². The number of hydrogen-bond donors (Lipinski definition) is 0. The normalized spacial score (nSPS) is 52.9. The molecule has 1 aromatic rings. The van der Waals surface area contributed by atoms with Crippen molar-refractivity contribution in [3.05, 3.63) is 35.0 Å². The number of quaternary nitrogens is 1. The molecule has 0 amide bonds. The standard InChI is InChI=1S/C20H24N2O2/c1-3-19-11-22(2,23)16-9-20(19)13-6-4-5-7-15(13)21-18(20)17-8-14(19)12(16)10-24-17/h4-7,12,14,16-17H,3,8-11H2,1-2H3/t12?,14?,16-,17-,19+,20+,22?/m1/s1. The Bertz CT molecular complexity index is 788. The van der Waals surface area contributed by atoms with Crippen LogP contribution < -0.4 is 0 Å². The molecule has 2 saturated carbocycles. The van der Waals surface area contributed by atoms with Gasteiger partial charge in [-0.25, -0.2) is 0 Å². The summed E-state index contributed by atoms with van der Waals surface area (Å²) in [6.45, 7) is 3.80. The first kappa shape index (κ1) is 14.0. The van der Waals surface area contributed by atoms with Crippen LogP contribution in [0.5, 0.6) is 0 Å². The highest BCUT2D eigenvalue weighted by Gasteiger charge is 2.77. The molecule has 4 nitrogen and oxygen atoms in total. The van der Waals surface area contributed by atoms with E-state index in [1.54, 1.807) is 0 Å². The Kier molecular flexibility index (Phi) is 2.30. The minimum atomic E-state index is -0.0831. The smallest absolute Gasteiger partial charge is 0.0968 e. The number of fused-ring (bicyclic) bond motifs is 4. The average molecular weight is 324 g/mol. The van der Waals surface area contributed by atoms with Gasteiger partial charge >= 0.3 is 0 Å². The molecule has 5 bridgehead atoms. The van der Waals surface area contributed by atoms with Crippen LogP contribution in [-0.2, 0) is 10.2 Å². The van der Waals surface area contributed by atoms with Gasteiger partial charge in [0.25, 0.3) is 0 Å². The first-order valence-electron chi connectivity index (χ1n) is 9.40. The molecule has 6 aliphatic rings. The number of hydroxylamine groups is 3. The van der Waals surface area contributed by atoms with E-state index in [1.165, 1.54) is 11.3 Å². The number of nitrogens with zero attached hydrogens (tertiary/aromatic N) is 2. The molecule has 7 atom stereocenters. The van der Waals surface area contributed by atoms with Gasteiger partial charge in [-0.15, -0.1) is 0 Å². The highest BCUT2D eigenvalue weighted by molar-refractivity contribution is 6.06. The maximum Gasteiger partial charge on any atom is 0.0968 e. The van der Waals surface area contributed by atoms with Crippen LogP contribution in [0.25, 0.3) is 0 Å². The second-order valence-corrected chi connectivity index (χ2v) is 8.86. The maximum absolute atomic E-state index is 13.4. The van der Waals surface area contributed by atoms with Crippen molar-refractivity contribution >= 4 is 11.4 Å². The fraction of sp³-hybridized carbons (Fsp3) is 0.650. The van der Waals surface area contributed by atoms with Gasteiger partial charge in [-0.05, 0) is 30.4 Å². The summed E-state index contributed by atoms with van der Waals surface area (Å²) in [5.74, 6) is 1.04. The first-order chi connectivity index (χ1) is 11.5. The van der Waals surface area contributed by atoms with Crippen LogP contribution in [0.2, 0.25) is 0 Å². The van der Waals surface area contributed by atoms with E-state index in [9.17, 15) is 5.21 Å². The molecular formula is C20H24N2O2. The second kappa shape index (κ2) is 3.95. The number of hydrogen-bond acceptors (Lipinski definition) is 3. The highest BCUT2D eigenvalue weighted by Crippen LogP contribution is 2.72. The topological polar surface area (TPSA) is 44.7 Å². The molecular weight excluding hydrogens is 300 g/mol. The second-order valence-electron chi connectivity index (χ2n) is 8.86. The predicted molar refractivity (Wildman–Crippen MR) is 92.1 cm³/mol. The summed E-state index contributed by atoms with van der Waals surface area (Å²) >= 11 is 0. The molecule has 5 fully saturated rings. The lowest BCUT2D eigenvalue weighted by Crippen LogP contribution is -2.82. The number of piperidine rings is 2. The lowest BCUT2D eigenvalue weighted by molar-refractivity contribution is -0.917. The molecule has 0 radical (unpaired) electrons. The fourth-order valence-electron chi connectivity index (χ4n) is 7.59. The van der Waals surface area contributed by atoms with Crippen LogP contribution in [0.1, 0.15) is 31.7 Å². The minimum absolute atomic E-state index is 0.0459. The summed E-state index contributed by atoms with van der Waals surface area (Å²) in [6, 6.07) is 8.80. The Morgan fingerprint density at radius 2 is 2.21 bits per heavy atom. The SMILES string of the molecule is CC[C@@]12C[N+](C)([O-])[C@@H]3C[C@]14C(=Nc1ccccc14)[C@H]1CC2C3CO1. The van der Waals surface area contributed by atoms with E-state index >= 15 is 0 Å².